The van der Waals surface area contributed by atoms with E-state index in [1.54, 1.807) is 19.2 Å². The Morgan fingerprint density at radius 1 is 0.966 bits per heavy atom. The smallest absolute Gasteiger partial charge is 0.175 e. The molecule has 1 atom stereocenters. The molecule has 2 aromatic carbocycles. The van der Waals surface area contributed by atoms with Crippen LogP contribution in [0.5, 0.6) is 5.75 Å². The third-order valence-electron chi connectivity index (χ3n) is 5.93. The Morgan fingerprint density at radius 3 is 2.10 bits per heavy atom. The van der Waals surface area contributed by atoms with Crippen molar-refractivity contribution < 1.29 is 13.2 Å². The van der Waals surface area contributed by atoms with Crippen LogP contribution in [0.15, 0.2) is 47.4 Å². The van der Waals surface area contributed by atoms with E-state index in [1.165, 1.54) is 31.9 Å². The number of hydrogen-bond donors (Lipinski definition) is 2. The number of nitrogens with one attached hydrogen (secondary N) is 2. The van der Waals surface area contributed by atoms with Crippen LogP contribution in [0.3, 0.4) is 0 Å². The molecular weight excluding hydrogens is 384 g/mol. The van der Waals surface area contributed by atoms with Gasteiger partial charge in [-0.2, -0.15) is 0 Å². The zero-order valence-electron chi connectivity index (χ0n) is 17.7. The predicted octanol–water partition coefficient (Wildman–Crippen LogP) is 3.95. The largest absolute Gasteiger partial charge is 0.496 e. The first-order valence-electron chi connectivity index (χ1n) is 10.2. The average Bonchev–Trinajstić information content (AvgIpc) is 2.73. The Labute approximate surface area is 174 Å². The normalized spacial score (nSPS) is 21.0. The molecule has 0 amide bonds. The Kier molecular flexibility index (Phi) is 6.98. The zero-order valence-corrected chi connectivity index (χ0v) is 18.6. The van der Waals surface area contributed by atoms with Crippen molar-refractivity contribution in [1.29, 1.82) is 0 Å². The second-order valence-corrected chi connectivity index (χ2v) is 9.99. The maximum atomic E-state index is 11.7. The van der Waals surface area contributed by atoms with Crippen LogP contribution in [-0.4, -0.2) is 40.9 Å². The van der Waals surface area contributed by atoms with Crippen molar-refractivity contribution in [3.63, 3.8) is 0 Å². The van der Waals surface area contributed by atoms with Gasteiger partial charge in [0.05, 0.1) is 12.0 Å². The van der Waals surface area contributed by atoms with Gasteiger partial charge in [0, 0.05) is 29.9 Å². The molecule has 1 unspecified atom stereocenters. The molecule has 1 aliphatic carbocycles. The molecular formula is C23H32N2O3S. The number of sulfone groups is 1. The Bertz CT molecular complexity index is 918. The lowest BCUT2D eigenvalue weighted by molar-refractivity contribution is 0.299. The van der Waals surface area contributed by atoms with Crippen LogP contribution >= 0.6 is 0 Å². The maximum absolute atomic E-state index is 11.7. The minimum Gasteiger partial charge on any atom is -0.496 e. The molecule has 2 aromatic rings. The molecule has 0 heterocycles. The highest BCUT2D eigenvalue weighted by molar-refractivity contribution is 7.90. The minimum absolute atomic E-state index is 0.163. The van der Waals surface area contributed by atoms with E-state index in [0.29, 0.717) is 17.0 Å². The van der Waals surface area contributed by atoms with Gasteiger partial charge in [0.2, 0.25) is 0 Å². The van der Waals surface area contributed by atoms with Gasteiger partial charge in [-0.15, -0.1) is 0 Å². The van der Waals surface area contributed by atoms with Crippen molar-refractivity contribution in [3.05, 3.63) is 48.0 Å². The van der Waals surface area contributed by atoms with Gasteiger partial charge in [-0.25, -0.2) is 8.42 Å². The molecule has 3 rings (SSSR count). The Morgan fingerprint density at radius 2 is 1.55 bits per heavy atom. The highest BCUT2D eigenvalue weighted by atomic mass is 32.2. The lowest BCUT2D eigenvalue weighted by Crippen LogP contribution is -2.39. The van der Waals surface area contributed by atoms with Gasteiger partial charge in [0.15, 0.2) is 9.84 Å². The number of rotatable bonds is 7. The van der Waals surface area contributed by atoms with Gasteiger partial charge in [0.25, 0.3) is 0 Å². The van der Waals surface area contributed by atoms with Crippen LogP contribution in [0.1, 0.15) is 44.2 Å². The van der Waals surface area contributed by atoms with Gasteiger partial charge < -0.3 is 15.4 Å². The summed E-state index contributed by atoms with van der Waals surface area (Å²) < 4.78 is 29.0. The molecule has 0 aromatic heterocycles. The average molecular weight is 417 g/mol. The predicted molar refractivity (Wildman–Crippen MR) is 118 cm³/mol. The lowest BCUT2D eigenvalue weighted by Gasteiger charge is -2.31. The van der Waals surface area contributed by atoms with E-state index in [9.17, 15) is 8.42 Å². The van der Waals surface area contributed by atoms with E-state index in [0.717, 1.165) is 22.4 Å². The van der Waals surface area contributed by atoms with E-state index >= 15 is 0 Å². The van der Waals surface area contributed by atoms with Gasteiger partial charge in [0.1, 0.15) is 5.75 Å². The molecule has 0 radical (unpaired) electrons. The van der Waals surface area contributed by atoms with Crippen molar-refractivity contribution in [2.75, 3.05) is 20.4 Å². The summed E-state index contributed by atoms with van der Waals surface area (Å²) in [6.07, 6.45) is 5.97. The van der Waals surface area contributed by atoms with Crippen molar-refractivity contribution in [2.45, 2.75) is 55.6 Å². The topological polar surface area (TPSA) is 67.4 Å². The standard InChI is InChI=1S/C23H32N2O3S/c1-16(25-20-10-8-19(24-2)9-11-20)22-15-18(7-14-23(22)28-3)17-5-12-21(13-6-17)29(4,26)27/h5-7,12-16,19-20,24-25H,8-11H2,1-4H3. The van der Waals surface area contributed by atoms with Crippen LogP contribution < -0.4 is 15.4 Å². The van der Waals surface area contributed by atoms with Crippen LogP contribution in [-0.2, 0) is 9.84 Å². The second-order valence-electron chi connectivity index (χ2n) is 7.98. The molecule has 1 saturated carbocycles. The molecule has 5 nitrogen and oxygen atoms in total. The highest BCUT2D eigenvalue weighted by Crippen LogP contribution is 2.32. The first-order chi connectivity index (χ1) is 13.8. The van der Waals surface area contributed by atoms with Gasteiger partial charge in [-0.05, 0) is 75.0 Å². The third kappa shape index (κ3) is 5.38. The molecule has 0 saturated heterocycles. The third-order valence-corrected chi connectivity index (χ3v) is 7.06. The summed E-state index contributed by atoms with van der Waals surface area (Å²) in [5, 5.41) is 7.16. The zero-order chi connectivity index (χ0) is 21.0. The molecule has 0 aliphatic heterocycles. The number of hydrogen-bond acceptors (Lipinski definition) is 5. The molecule has 1 aliphatic rings. The summed E-state index contributed by atoms with van der Waals surface area (Å²) in [5.41, 5.74) is 3.16. The molecule has 0 spiro atoms. The monoisotopic (exact) mass is 416 g/mol. The van der Waals surface area contributed by atoms with E-state index in [2.05, 4.69) is 23.6 Å². The number of ether oxygens (including phenoxy) is 1. The molecule has 29 heavy (non-hydrogen) atoms. The fraction of sp³-hybridized carbons (Fsp3) is 0.478. The highest BCUT2D eigenvalue weighted by Gasteiger charge is 2.23. The summed E-state index contributed by atoms with van der Waals surface area (Å²) >= 11 is 0. The van der Waals surface area contributed by atoms with Crippen molar-refractivity contribution in [3.8, 4) is 16.9 Å². The van der Waals surface area contributed by atoms with Crippen LogP contribution in [0.2, 0.25) is 0 Å². The minimum atomic E-state index is -3.19. The number of benzene rings is 2. The van der Waals surface area contributed by atoms with Crippen molar-refractivity contribution in [1.82, 2.24) is 10.6 Å². The summed E-state index contributed by atoms with van der Waals surface area (Å²) in [6, 6.07) is 14.5. The molecule has 2 N–H and O–H groups in total. The molecule has 0 bridgehead atoms. The van der Waals surface area contributed by atoms with Crippen molar-refractivity contribution >= 4 is 9.84 Å². The summed E-state index contributed by atoms with van der Waals surface area (Å²) in [5.74, 6) is 0.866. The first kappa shape index (κ1) is 21.8. The molecule has 158 valence electrons. The molecule has 6 heteroatoms. The van der Waals surface area contributed by atoms with E-state index in [1.807, 2.05) is 31.3 Å². The fourth-order valence-electron chi connectivity index (χ4n) is 4.14. The lowest BCUT2D eigenvalue weighted by atomic mass is 9.90. The summed E-state index contributed by atoms with van der Waals surface area (Å²) in [4.78, 5) is 0.335. The maximum Gasteiger partial charge on any atom is 0.175 e. The van der Waals surface area contributed by atoms with E-state index in [-0.39, 0.29) is 6.04 Å². The van der Waals surface area contributed by atoms with Gasteiger partial charge in [-0.1, -0.05) is 18.2 Å². The quantitative estimate of drug-likeness (QED) is 0.715. The second kappa shape index (κ2) is 9.28. The summed E-state index contributed by atoms with van der Waals surface area (Å²) in [6.45, 7) is 2.18. The van der Waals surface area contributed by atoms with Gasteiger partial charge >= 0.3 is 0 Å². The van der Waals surface area contributed by atoms with Crippen molar-refractivity contribution in [2.24, 2.45) is 0 Å². The Balaban J connectivity index is 1.80. The van der Waals surface area contributed by atoms with E-state index < -0.39 is 9.84 Å². The number of methoxy groups -OCH3 is 1. The van der Waals surface area contributed by atoms with E-state index in [4.69, 9.17) is 4.74 Å². The summed E-state index contributed by atoms with van der Waals surface area (Å²) in [7, 11) is 0.549. The van der Waals surface area contributed by atoms with Crippen LogP contribution in [0.25, 0.3) is 11.1 Å². The van der Waals surface area contributed by atoms with Gasteiger partial charge in [-0.3, -0.25) is 0 Å². The Hall–Kier alpha value is -1.89. The first-order valence-corrected chi connectivity index (χ1v) is 12.1. The molecule has 1 fully saturated rings. The SMILES string of the molecule is CNC1CCC(NC(C)c2cc(-c3ccc(S(C)(=O)=O)cc3)ccc2OC)CC1. The van der Waals surface area contributed by atoms with Crippen LogP contribution in [0, 0.1) is 0 Å². The van der Waals surface area contributed by atoms with Crippen LogP contribution in [0.4, 0.5) is 0 Å². The fourth-order valence-corrected chi connectivity index (χ4v) is 4.77.